The van der Waals surface area contributed by atoms with E-state index in [0.717, 1.165) is 5.56 Å². The highest BCUT2D eigenvalue weighted by Crippen LogP contribution is 2.29. The van der Waals surface area contributed by atoms with Crippen LogP contribution in [-0.2, 0) is 20.8 Å². The maximum Gasteiger partial charge on any atom is 0.187 e. The lowest BCUT2D eigenvalue weighted by Crippen LogP contribution is -2.32. The largest absolute Gasteiger partial charge is 0.388 e. The molecule has 1 aromatic rings. The predicted molar refractivity (Wildman–Crippen MR) is 66.8 cm³/mol. The molecule has 0 saturated carbocycles. The molecule has 3 rings (SSSR count). The zero-order chi connectivity index (χ0) is 13.2. The molecule has 0 radical (unpaired) electrons. The van der Waals surface area contributed by atoms with E-state index in [9.17, 15) is 5.11 Å². The summed E-state index contributed by atoms with van der Waals surface area (Å²) in [6, 6.07) is 7.34. The van der Waals surface area contributed by atoms with Crippen molar-refractivity contribution in [3.05, 3.63) is 41.2 Å². The third kappa shape index (κ3) is 2.48. The van der Waals surface area contributed by atoms with Crippen LogP contribution in [0.5, 0.6) is 0 Å². The van der Waals surface area contributed by atoms with Gasteiger partial charge in [0.05, 0.1) is 26.4 Å². The number of aliphatic hydroxyl groups excluding tert-OH is 1. The van der Waals surface area contributed by atoms with E-state index in [1.165, 1.54) is 0 Å². The van der Waals surface area contributed by atoms with Gasteiger partial charge in [-0.3, -0.25) is 0 Å². The zero-order valence-electron chi connectivity index (χ0n) is 10.4. The van der Waals surface area contributed by atoms with Crippen LogP contribution < -0.4 is 0 Å². The first-order chi connectivity index (χ1) is 9.28. The van der Waals surface area contributed by atoms with Crippen LogP contribution >= 0.6 is 0 Å². The zero-order valence-corrected chi connectivity index (χ0v) is 10.4. The van der Waals surface area contributed by atoms with E-state index in [1.54, 1.807) is 6.07 Å². The van der Waals surface area contributed by atoms with Gasteiger partial charge in [0, 0.05) is 0 Å². The van der Waals surface area contributed by atoms with Crippen molar-refractivity contribution in [2.24, 2.45) is 0 Å². The summed E-state index contributed by atoms with van der Waals surface area (Å²) in [4.78, 5) is 3.39. The molecule has 2 fully saturated rings. The third-order valence-electron chi connectivity index (χ3n) is 3.49. The van der Waals surface area contributed by atoms with E-state index in [1.807, 2.05) is 18.2 Å². The molecule has 1 N–H and O–H groups in total. The van der Waals surface area contributed by atoms with Crippen molar-refractivity contribution in [2.75, 3.05) is 13.2 Å². The average molecular weight is 261 g/mol. The van der Waals surface area contributed by atoms with Crippen molar-refractivity contribution < 1.29 is 19.3 Å². The lowest BCUT2D eigenvalue weighted by atomic mass is 10.1. The quantitative estimate of drug-likeness (QED) is 0.833. The highest BCUT2D eigenvalue weighted by atomic mass is 16.6. The summed E-state index contributed by atoms with van der Waals surface area (Å²) in [6.45, 7) is 8.14. The monoisotopic (exact) mass is 261 g/mol. The number of hydrogen-bond donors (Lipinski definition) is 1. The van der Waals surface area contributed by atoms with Gasteiger partial charge in [0.15, 0.2) is 5.69 Å². The van der Waals surface area contributed by atoms with Gasteiger partial charge in [0.2, 0.25) is 0 Å². The molecule has 0 aliphatic carbocycles. The van der Waals surface area contributed by atoms with Gasteiger partial charge in [-0.05, 0) is 5.56 Å². The van der Waals surface area contributed by atoms with E-state index in [0.29, 0.717) is 25.5 Å². The number of benzene rings is 1. The van der Waals surface area contributed by atoms with Crippen molar-refractivity contribution >= 4 is 5.69 Å². The first kappa shape index (κ1) is 12.6. The second-order valence-corrected chi connectivity index (χ2v) is 4.79. The highest BCUT2D eigenvalue weighted by Gasteiger charge is 2.47. The molecular formula is C14H15NO4. The first-order valence-corrected chi connectivity index (χ1v) is 6.27. The van der Waals surface area contributed by atoms with Crippen molar-refractivity contribution in [3.63, 3.8) is 0 Å². The minimum Gasteiger partial charge on any atom is -0.388 e. The fourth-order valence-electron chi connectivity index (χ4n) is 2.51. The van der Waals surface area contributed by atoms with E-state index in [2.05, 4.69) is 4.85 Å². The van der Waals surface area contributed by atoms with Gasteiger partial charge in [0.1, 0.15) is 24.4 Å². The Labute approximate surface area is 111 Å². The Kier molecular flexibility index (Phi) is 3.49. The summed E-state index contributed by atoms with van der Waals surface area (Å²) in [6.07, 6.45) is -1.15. The van der Waals surface area contributed by atoms with Crippen LogP contribution in [0.4, 0.5) is 5.69 Å². The molecule has 0 spiro atoms. The third-order valence-corrected chi connectivity index (χ3v) is 3.49. The topological polar surface area (TPSA) is 52.3 Å². The predicted octanol–water partition coefficient (Wildman–Crippen LogP) is 1.28. The van der Waals surface area contributed by atoms with Crippen molar-refractivity contribution in [1.82, 2.24) is 0 Å². The minimum atomic E-state index is -0.552. The van der Waals surface area contributed by atoms with Crippen molar-refractivity contribution in [1.29, 1.82) is 0 Å². The fourth-order valence-corrected chi connectivity index (χ4v) is 2.51. The van der Waals surface area contributed by atoms with Gasteiger partial charge in [-0.2, -0.15) is 0 Å². The lowest BCUT2D eigenvalue weighted by molar-refractivity contribution is -0.0439. The lowest BCUT2D eigenvalue weighted by Gasteiger charge is -2.16. The molecule has 0 aromatic heterocycles. The van der Waals surface area contributed by atoms with Crippen molar-refractivity contribution in [2.45, 2.75) is 31.0 Å². The average Bonchev–Trinajstić information content (AvgIpc) is 3.00. The molecule has 0 unspecified atom stereocenters. The number of hydrogen-bond acceptors (Lipinski definition) is 4. The normalized spacial score (nSPS) is 33.1. The maximum absolute atomic E-state index is 9.63. The molecule has 2 aliphatic heterocycles. The SMILES string of the molecule is [C-]#[N+]c1cccc(CO[C@H]2CO[C@H]3[C@@H]2OC[C@H]3O)c1. The Hall–Kier alpha value is -1.45. The molecule has 19 heavy (non-hydrogen) atoms. The minimum absolute atomic E-state index is 0.154. The van der Waals surface area contributed by atoms with Gasteiger partial charge in [-0.15, -0.1) is 0 Å². The molecule has 0 amide bonds. The van der Waals surface area contributed by atoms with E-state index < -0.39 is 6.10 Å². The number of aliphatic hydroxyl groups is 1. The number of ether oxygens (including phenoxy) is 3. The highest BCUT2D eigenvalue weighted by molar-refractivity contribution is 5.46. The second-order valence-electron chi connectivity index (χ2n) is 4.79. The maximum atomic E-state index is 9.63. The fraction of sp³-hybridized carbons (Fsp3) is 0.500. The number of rotatable bonds is 3. The molecule has 0 bridgehead atoms. The van der Waals surface area contributed by atoms with Crippen molar-refractivity contribution in [3.8, 4) is 0 Å². The van der Waals surface area contributed by atoms with Crippen LogP contribution in [0.2, 0.25) is 0 Å². The smallest absolute Gasteiger partial charge is 0.187 e. The van der Waals surface area contributed by atoms with E-state index in [4.69, 9.17) is 20.8 Å². The molecule has 5 heteroatoms. The van der Waals surface area contributed by atoms with E-state index >= 15 is 0 Å². The van der Waals surface area contributed by atoms with Crippen LogP contribution in [0.15, 0.2) is 24.3 Å². The summed E-state index contributed by atoms with van der Waals surface area (Å²) in [5, 5.41) is 9.63. The molecule has 2 aliphatic rings. The first-order valence-electron chi connectivity index (χ1n) is 6.27. The van der Waals surface area contributed by atoms with Gasteiger partial charge in [-0.25, -0.2) is 4.85 Å². The summed E-state index contributed by atoms with van der Waals surface area (Å²) in [5.74, 6) is 0. The van der Waals surface area contributed by atoms with Crippen LogP contribution in [0.25, 0.3) is 4.85 Å². The summed E-state index contributed by atoms with van der Waals surface area (Å²) >= 11 is 0. The Morgan fingerprint density at radius 3 is 3.00 bits per heavy atom. The standard InChI is InChI=1S/C14H15NO4/c1-15-10-4-2-3-9(5-10)6-17-12-8-19-13-11(16)7-18-14(12)13/h2-5,11-14,16H,6-8H2/t11-,12+,13-,14-/m1/s1. The Morgan fingerprint density at radius 1 is 1.32 bits per heavy atom. The van der Waals surface area contributed by atoms with Crippen LogP contribution in [0, 0.1) is 6.57 Å². The number of fused-ring (bicyclic) bond motifs is 1. The summed E-state index contributed by atoms with van der Waals surface area (Å²) in [7, 11) is 0. The number of nitrogens with zero attached hydrogens (tertiary/aromatic N) is 1. The van der Waals surface area contributed by atoms with Crippen LogP contribution in [0.3, 0.4) is 0 Å². The molecule has 1 aromatic carbocycles. The van der Waals surface area contributed by atoms with Gasteiger partial charge in [-0.1, -0.05) is 24.3 Å². The van der Waals surface area contributed by atoms with Gasteiger partial charge < -0.3 is 19.3 Å². The molecule has 2 heterocycles. The molecule has 5 nitrogen and oxygen atoms in total. The second kappa shape index (κ2) is 5.27. The van der Waals surface area contributed by atoms with Gasteiger partial charge in [0.25, 0.3) is 0 Å². The molecule has 100 valence electrons. The Balaban J connectivity index is 1.59. The van der Waals surface area contributed by atoms with Crippen LogP contribution in [-0.4, -0.2) is 42.7 Å². The van der Waals surface area contributed by atoms with E-state index in [-0.39, 0.29) is 18.3 Å². The van der Waals surface area contributed by atoms with Gasteiger partial charge >= 0.3 is 0 Å². The Bertz CT molecular complexity index is 498. The summed E-state index contributed by atoms with van der Waals surface area (Å²) in [5.41, 5.74) is 1.56. The molecule has 2 saturated heterocycles. The molecular weight excluding hydrogens is 246 g/mol. The Morgan fingerprint density at radius 2 is 2.16 bits per heavy atom. The van der Waals surface area contributed by atoms with Crippen LogP contribution in [0.1, 0.15) is 5.56 Å². The summed E-state index contributed by atoms with van der Waals surface area (Å²) < 4.78 is 16.8. The molecule has 4 atom stereocenters.